The molecule has 0 aliphatic rings. The molecule has 2 rings (SSSR count). The molecule has 0 unspecified atom stereocenters. The fourth-order valence-electron chi connectivity index (χ4n) is 2.21. The Kier molecular flexibility index (Phi) is 3.56. The number of aromatic hydroxyl groups is 1. The zero-order chi connectivity index (χ0) is 13.1. The van der Waals surface area contributed by atoms with Gasteiger partial charge in [0.05, 0.1) is 0 Å². The van der Waals surface area contributed by atoms with Crippen LogP contribution in [0, 0.1) is 20.8 Å². The number of phenols is 1. The maximum absolute atomic E-state index is 9.37. The lowest BCUT2D eigenvalue weighted by molar-refractivity contribution is 0.475. The first kappa shape index (κ1) is 12.5. The first-order chi connectivity index (χ1) is 8.54. The quantitative estimate of drug-likeness (QED) is 0.798. The van der Waals surface area contributed by atoms with Gasteiger partial charge in [0.25, 0.3) is 0 Å². The van der Waals surface area contributed by atoms with Crippen molar-refractivity contribution < 1.29 is 5.11 Å². The summed E-state index contributed by atoms with van der Waals surface area (Å²) < 4.78 is 0. The van der Waals surface area contributed by atoms with Crippen molar-refractivity contribution in [3.8, 4) is 5.75 Å². The van der Waals surface area contributed by atoms with Crippen molar-refractivity contribution in [2.45, 2.75) is 27.3 Å². The number of hydrogen-bond acceptors (Lipinski definition) is 2. The van der Waals surface area contributed by atoms with E-state index in [0.717, 1.165) is 17.8 Å². The Bertz CT molecular complexity index is 541. The summed E-state index contributed by atoms with van der Waals surface area (Å²) in [5.41, 5.74) is 5.97. The number of aryl methyl sites for hydroxylation is 3. The average Bonchev–Trinajstić information content (AvgIpc) is 2.26. The molecule has 0 aromatic heterocycles. The Morgan fingerprint density at radius 2 is 1.61 bits per heavy atom. The smallest absolute Gasteiger partial charge is 0.115 e. The van der Waals surface area contributed by atoms with Crippen LogP contribution in [0.25, 0.3) is 0 Å². The third-order valence-corrected chi connectivity index (χ3v) is 2.97. The molecule has 2 aromatic carbocycles. The highest BCUT2D eigenvalue weighted by Gasteiger charge is 2.00. The van der Waals surface area contributed by atoms with E-state index in [9.17, 15) is 5.11 Å². The molecule has 0 aliphatic heterocycles. The zero-order valence-corrected chi connectivity index (χ0v) is 11.1. The minimum atomic E-state index is 0.310. The molecule has 2 aromatic rings. The second-order valence-electron chi connectivity index (χ2n) is 4.85. The van der Waals surface area contributed by atoms with Crippen molar-refractivity contribution in [2.24, 2.45) is 0 Å². The molecule has 0 atom stereocenters. The fraction of sp³-hybridized carbons (Fsp3) is 0.250. The van der Waals surface area contributed by atoms with Gasteiger partial charge in [0, 0.05) is 12.2 Å². The van der Waals surface area contributed by atoms with Crippen LogP contribution in [-0.4, -0.2) is 5.11 Å². The van der Waals surface area contributed by atoms with Crippen LogP contribution >= 0.6 is 0 Å². The van der Waals surface area contributed by atoms with E-state index in [1.54, 1.807) is 12.1 Å². The predicted molar refractivity (Wildman–Crippen MR) is 76.1 cm³/mol. The first-order valence-corrected chi connectivity index (χ1v) is 6.15. The largest absolute Gasteiger partial charge is 0.508 e. The highest BCUT2D eigenvalue weighted by atomic mass is 16.3. The summed E-state index contributed by atoms with van der Waals surface area (Å²) in [6.45, 7) is 7.02. The molecule has 0 saturated heterocycles. The molecule has 0 heterocycles. The van der Waals surface area contributed by atoms with Gasteiger partial charge in [-0.1, -0.05) is 29.3 Å². The van der Waals surface area contributed by atoms with Crippen LogP contribution in [-0.2, 0) is 6.54 Å². The number of rotatable bonds is 3. The topological polar surface area (TPSA) is 32.3 Å². The standard InChI is InChI=1S/C16H19NO/c1-11-6-12(2)8-14(7-11)10-17-16-5-4-15(18)9-13(16)3/h4-9,17-18H,10H2,1-3H3. The van der Waals surface area contributed by atoms with E-state index >= 15 is 0 Å². The van der Waals surface area contributed by atoms with E-state index in [0.29, 0.717) is 5.75 Å². The minimum Gasteiger partial charge on any atom is -0.508 e. The van der Waals surface area contributed by atoms with Crippen molar-refractivity contribution >= 4 is 5.69 Å². The molecular formula is C16H19NO. The lowest BCUT2D eigenvalue weighted by Gasteiger charge is -2.11. The van der Waals surface area contributed by atoms with Crippen molar-refractivity contribution in [1.29, 1.82) is 0 Å². The van der Waals surface area contributed by atoms with E-state index in [2.05, 4.69) is 37.4 Å². The fourth-order valence-corrected chi connectivity index (χ4v) is 2.21. The Hall–Kier alpha value is -1.96. The molecule has 94 valence electrons. The Morgan fingerprint density at radius 1 is 0.944 bits per heavy atom. The maximum Gasteiger partial charge on any atom is 0.115 e. The van der Waals surface area contributed by atoms with Crippen molar-refractivity contribution in [2.75, 3.05) is 5.32 Å². The van der Waals surface area contributed by atoms with Gasteiger partial charge in [-0.05, 0) is 50.1 Å². The third kappa shape index (κ3) is 3.04. The molecule has 0 amide bonds. The Labute approximate surface area is 108 Å². The van der Waals surface area contributed by atoms with Gasteiger partial charge in [-0.2, -0.15) is 0 Å². The zero-order valence-electron chi connectivity index (χ0n) is 11.1. The highest BCUT2D eigenvalue weighted by molar-refractivity contribution is 5.53. The van der Waals surface area contributed by atoms with E-state index in [4.69, 9.17) is 0 Å². The third-order valence-electron chi connectivity index (χ3n) is 2.97. The number of anilines is 1. The molecule has 18 heavy (non-hydrogen) atoms. The first-order valence-electron chi connectivity index (χ1n) is 6.15. The Balaban J connectivity index is 2.11. The minimum absolute atomic E-state index is 0.310. The molecule has 0 radical (unpaired) electrons. The molecule has 2 nitrogen and oxygen atoms in total. The number of nitrogens with one attached hydrogen (secondary N) is 1. The van der Waals surface area contributed by atoms with E-state index in [1.807, 2.05) is 13.0 Å². The summed E-state index contributed by atoms with van der Waals surface area (Å²) in [5, 5.41) is 12.8. The van der Waals surface area contributed by atoms with Crippen LogP contribution in [0.15, 0.2) is 36.4 Å². The normalized spacial score (nSPS) is 10.4. The van der Waals surface area contributed by atoms with Crippen LogP contribution in [0.2, 0.25) is 0 Å². The van der Waals surface area contributed by atoms with Gasteiger partial charge in [-0.3, -0.25) is 0 Å². The predicted octanol–water partition coefficient (Wildman–Crippen LogP) is 3.93. The molecule has 0 aliphatic carbocycles. The summed E-state index contributed by atoms with van der Waals surface area (Å²) in [6, 6.07) is 11.9. The van der Waals surface area contributed by atoms with Gasteiger partial charge in [-0.15, -0.1) is 0 Å². The van der Waals surface area contributed by atoms with Crippen molar-refractivity contribution in [3.05, 3.63) is 58.7 Å². The molecule has 0 saturated carbocycles. The SMILES string of the molecule is Cc1cc(C)cc(CNc2ccc(O)cc2C)c1. The lowest BCUT2D eigenvalue weighted by atomic mass is 10.1. The molecule has 0 bridgehead atoms. The average molecular weight is 241 g/mol. The second kappa shape index (κ2) is 5.13. The molecule has 2 heteroatoms. The summed E-state index contributed by atoms with van der Waals surface area (Å²) in [5.74, 6) is 0.310. The van der Waals surface area contributed by atoms with E-state index < -0.39 is 0 Å². The van der Waals surface area contributed by atoms with Crippen LogP contribution in [0.3, 0.4) is 0 Å². The molecule has 0 fully saturated rings. The van der Waals surface area contributed by atoms with Crippen molar-refractivity contribution in [3.63, 3.8) is 0 Å². The number of benzene rings is 2. The number of phenolic OH excluding ortho intramolecular Hbond substituents is 1. The van der Waals surface area contributed by atoms with Gasteiger partial charge in [0.2, 0.25) is 0 Å². The number of hydrogen-bond donors (Lipinski definition) is 2. The van der Waals surface area contributed by atoms with Crippen LogP contribution in [0.4, 0.5) is 5.69 Å². The summed E-state index contributed by atoms with van der Waals surface area (Å²) in [6.07, 6.45) is 0. The molecular weight excluding hydrogens is 222 g/mol. The van der Waals surface area contributed by atoms with Gasteiger partial charge in [0.1, 0.15) is 5.75 Å². The lowest BCUT2D eigenvalue weighted by Crippen LogP contribution is -2.01. The van der Waals surface area contributed by atoms with Gasteiger partial charge >= 0.3 is 0 Å². The maximum atomic E-state index is 9.37. The summed E-state index contributed by atoms with van der Waals surface area (Å²) in [4.78, 5) is 0. The van der Waals surface area contributed by atoms with E-state index in [1.165, 1.54) is 16.7 Å². The van der Waals surface area contributed by atoms with Gasteiger partial charge < -0.3 is 10.4 Å². The second-order valence-corrected chi connectivity index (χ2v) is 4.85. The Morgan fingerprint density at radius 3 is 2.22 bits per heavy atom. The van der Waals surface area contributed by atoms with Crippen LogP contribution in [0.1, 0.15) is 22.3 Å². The molecule has 0 spiro atoms. The van der Waals surface area contributed by atoms with Crippen LogP contribution in [0.5, 0.6) is 5.75 Å². The van der Waals surface area contributed by atoms with Crippen molar-refractivity contribution in [1.82, 2.24) is 0 Å². The van der Waals surface area contributed by atoms with Crippen LogP contribution < -0.4 is 5.32 Å². The summed E-state index contributed by atoms with van der Waals surface area (Å²) >= 11 is 0. The monoisotopic (exact) mass is 241 g/mol. The van der Waals surface area contributed by atoms with Gasteiger partial charge in [0.15, 0.2) is 0 Å². The highest BCUT2D eigenvalue weighted by Crippen LogP contribution is 2.21. The van der Waals surface area contributed by atoms with Gasteiger partial charge in [-0.25, -0.2) is 0 Å². The summed E-state index contributed by atoms with van der Waals surface area (Å²) in [7, 11) is 0. The van der Waals surface area contributed by atoms with E-state index in [-0.39, 0.29) is 0 Å². The molecule has 2 N–H and O–H groups in total.